The van der Waals surface area contributed by atoms with Crippen molar-refractivity contribution in [3.8, 4) is 0 Å². The lowest BCUT2D eigenvalue weighted by Gasteiger charge is -2.30. The highest BCUT2D eigenvalue weighted by atomic mass is 16.5. The normalized spacial score (nSPS) is 17.7. The van der Waals surface area contributed by atoms with Crippen molar-refractivity contribution in [1.29, 1.82) is 0 Å². The fourth-order valence-electron chi connectivity index (χ4n) is 3.50. The van der Waals surface area contributed by atoms with Crippen molar-refractivity contribution in [2.75, 3.05) is 53.5 Å². The molecule has 0 saturated heterocycles. The topological polar surface area (TPSA) is 48.9 Å². The van der Waals surface area contributed by atoms with E-state index in [1.165, 1.54) is 25.7 Å². The Balaban J connectivity index is 2.29. The monoisotopic (exact) mass is 326 g/mol. The van der Waals surface area contributed by atoms with Crippen molar-refractivity contribution >= 4 is 5.96 Å². The van der Waals surface area contributed by atoms with Crippen LogP contribution in [0.4, 0.5) is 0 Å². The Morgan fingerprint density at radius 2 is 1.87 bits per heavy atom. The molecule has 5 nitrogen and oxygen atoms in total. The van der Waals surface area contributed by atoms with E-state index in [-0.39, 0.29) is 0 Å². The third-order valence-electron chi connectivity index (χ3n) is 5.19. The minimum Gasteiger partial charge on any atom is -0.385 e. The Morgan fingerprint density at radius 1 is 1.17 bits per heavy atom. The molecular weight excluding hydrogens is 288 g/mol. The number of aliphatic imine (C=N–C) groups is 1. The molecule has 136 valence electrons. The van der Waals surface area contributed by atoms with Crippen LogP contribution in [0.15, 0.2) is 4.99 Å². The molecule has 0 heterocycles. The summed E-state index contributed by atoms with van der Waals surface area (Å²) >= 11 is 0. The number of methoxy groups -OCH3 is 1. The van der Waals surface area contributed by atoms with Gasteiger partial charge in [-0.3, -0.25) is 4.99 Å². The van der Waals surface area contributed by atoms with Crippen LogP contribution in [-0.2, 0) is 4.74 Å². The molecule has 0 aliphatic heterocycles. The molecule has 0 aromatic carbocycles. The third kappa shape index (κ3) is 7.53. The number of rotatable bonds is 11. The summed E-state index contributed by atoms with van der Waals surface area (Å²) in [5.41, 5.74) is 0.398. The number of nitrogens with zero attached hydrogens (tertiary/aromatic N) is 2. The molecule has 0 amide bonds. The molecule has 1 aliphatic carbocycles. The largest absolute Gasteiger partial charge is 0.385 e. The lowest BCUT2D eigenvalue weighted by atomic mass is 9.83. The van der Waals surface area contributed by atoms with E-state index >= 15 is 0 Å². The first-order chi connectivity index (χ1) is 11.2. The van der Waals surface area contributed by atoms with Gasteiger partial charge in [0.15, 0.2) is 5.96 Å². The number of hydrogen-bond acceptors (Lipinski definition) is 3. The molecule has 23 heavy (non-hydrogen) atoms. The predicted molar refractivity (Wildman–Crippen MR) is 99.2 cm³/mol. The Labute approximate surface area is 143 Å². The number of hydrogen-bond donors (Lipinski definition) is 2. The van der Waals surface area contributed by atoms with Gasteiger partial charge in [0.1, 0.15) is 0 Å². The number of ether oxygens (including phenoxy) is 1. The zero-order valence-corrected chi connectivity index (χ0v) is 15.8. The van der Waals surface area contributed by atoms with Crippen LogP contribution < -0.4 is 10.6 Å². The average molecular weight is 327 g/mol. The molecule has 0 unspecified atom stereocenters. The van der Waals surface area contributed by atoms with E-state index in [1.54, 1.807) is 7.11 Å². The van der Waals surface area contributed by atoms with Crippen LogP contribution in [0.2, 0.25) is 0 Å². The zero-order chi connectivity index (χ0) is 17.0. The van der Waals surface area contributed by atoms with Crippen LogP contribution in [0.5, 0.6) is 0 Å². The summed E-state index contributed by atoms with van der Waals surface area (Å²) in [4.78, 5) is 6.82. The lowest BCUT2D eigenvalue weighted by Crippen LogP contribution is -2.44. The summed E-state index contributed by atoms with van der Waals surface area (Å²) < 4.78 is 5.31. The van der Waals surface area contributed by atoms with E-state index in [0.717, 1.165) is 58.1 Å². The molecule has 0 atom stereocenters. The second-order valence-electron chi connectivity index (χ2n) is 6.68. The van der Waals surface area contributed by atoms with Crippen molar-refractivity contribution in [3.05, 3.63) is 0 Å². The minimum atomic E-state index is 0.398. The van der Waals surface area contributed by atoms with Crippen molar-refractivity contribution in [3.63, 3.8) is 0 Å². The fourth-order valence-corrected chi connectivity index (χ4v) is 3.50. The maximum Gasteiger partial charge on any atom is 0.190 e. The van der Waals surface area contributed by atoms with Gasteiger partial charge in [0.05, 0.1) is 0 Å². The van der Waals surface area contributed by atoms with Crippen LogP contribution in [-0.4, -0.2) is 64.3 Å². The summed E-state index contributed by atoms with van der Waals surface area (Å²) in [6, 6.07) is 0. The lowest BCUT2D eigenvalue weighted by molar-refractivity contribution is 0.138. The summed E-state index contributed by atoms with van der Waals surface area (Å²) in [5.74, 6) is 0.938. The van der Waals surface area contributed by atoms with Crippen molar-refractivity contribution in [2.24, 2.45) is 10.4 Å². The quantitative estimate of drug-likeness (QED) is 0.348. The number of nitrogens with one attached hydrogen (secondary N) is 2. The Bertz CT molecular complexity index is 323. The van der Waals surface area contributed by atoms with E-state index in [9.17, 15) is 0 Å². The first kappa shape index (κ1) is 20.2. The summed E-state index contributed by atoms with van der Waals surface area (Å²) in [6.45, 7) is 10.7. The maximum absolute atomic E-state index is 5.31. The third-order valence-corrected chi connectivity index (χ3v) is 5.19. The van der Waals surface area contributed by atoms with Crippen LogP contribution in [0, 0.1) is 5.41 Å². The molecule has 1 fully saturated rings. The van der Waals surface area contributed by atoms with Crippen molar-refractivity contribution in [2.45, 2.75) is 52.4 Å². The molecule has 0 aromatic rings. The van der Waals surface area contributed by atoms with E-state index in [2.05, 4.69) is 34.4 Å². The van der Waals surface area contributed by atoms with Gasteiger partial charge in [0, 0.05) is 33.9 Å². The van der Waals surface area contributed by atoms with Crippen LogP contribution in [0.1, 0.15) is 52.4 Å². The Hall–Kier alpha value is -0.810. The van der Waals surface area contributed by atoms with Gasteiger partial charge >= 0.3 is 0 Å². The van der Waals surface area contributed by atoms with Gasteiger partial charge in [0.25, 0.3) is 0 Å². The first-order valence-electron chi connectivity index (χ1n) is 9.35. The number of guanidine groups is 1. The molecular formula is C18H38N4O. The van der Waals surface area contributed by atoms with E-state index in [1.807, 2.05) is 7.05 Å². The smallest absolute Gasteiger partial charge is 0.190 e. The molecule has 1 aliphatic rings. The second kappa shape index (κ2) is 11.7. The molecule has 0 bridgehead atoms. The molecule has 2 N–H and O–H groups in total. The molecule has 0 radical (unpaired) electrons. The summed E-state index contributed by atoms with van der Waals surface area (Å²) in [5, 5.41) is 7.00. The van der Waals surface area contributed by atoms with E-state index in [4.69, 9.17) is 4.74 Å². The van der Waals surface area contributed by atoms with Gasteiger partial charge in [0.2, 0.25) is 0 Å². The standard InChI is InChI=1S/C18H38N4O/c1-5-22(6-2)14-9-13-20-17(19-3)21-16-18(12-15-23-4)10-7-8-11-18/h5-16H2,1-4H3,(H2,19,20,21). The Morgan fingerprint density at radius 3 is 2.43 bits per heavy atom. The van der Waals surface area contributed by atoms with Crippen LogP contribution >= 0.6 is 0 Å². The van der Waals surface area contributed by atoms with Gasteiger partial charge in [-0.1, -0.05) is 26.7 Å². The second-order valence-corrected chi connectivity index (χ2v) is 6.68. The highest BCUT2D eigenvalue weighted by Gasteiger charge is 2.33. The van der Waals surface area contributed by atoms with E-state index in [0.29, 0.717) is 5.41 Å². The average Bonchev–Trinajstić information content (AvgIpc) is 3.05. The predicted octanol–water partition coefficient (Wildman–Crippen LogP) is 2.48. The first-order valence-corrected chi connectivity index (χ1v) is 9.35. The minimum absolute atomic E-state index is 0.398. The highest BCUT2D eigenvalue weighted by molar-refractivity contribution is 5.79. The van der Waals surface area contributed by atoms with Crippen LogP contribution in [0.3, 0.4) is 0 Å². The molecule has 1 saturated carbocycles. The maximum atomic E-state index is 5.31. The summed E-state index contributed by atoms with van der Waals surface area (Å²) in [7, 11) is 3.66. The highest BCUT2D eigenvalue weighted by Crippen LogP contribution is 2.40. The van der Waals surface area contributed by atoms with Gasteiger partial charge in [-0.05, 0) is 50.7 Å². The van der Waals surface area contributed by atoms with Crippen molar-refractivity contribution < 1.29 is 4.74 Å². The zero-order valence-electron chi connectivity index (χ0n) is 15.8. The van der Waals surface area contributed by atoms with Gasteiger partial charge < -0.3 is 20.3 Å². The summed E-state index contributed by atoms with van der Waals surface area (Å²) in [6.07, 6.45) is 7.61. The molecule has 0 spiro atoms. The Kier molecular flexibility index (Phi) is 10.3. The SMILES string of the molecule is CCN(CC)CCCNC(=NC)NCC1(CCOC)CCCC1. The molecule has 0 aromatic heterocycles. The molecule has 5 heteroatoms. The van der Waals surface area contributed by atoms with Gasteiger partial charge in [-0.25, -0.2) is 0 Å². The van der Waals surface area contributed by atoms with Gasteiger partial charge in [-0.15, -0.1) is 0 Å². The van der Waals surface area contributed by atoms with Crippen LogP contribution in [0.25, 0.3) is 0 Å². The van der Waals surface area contributed by atoms with Gasteiger partial charge in [-0.2, -0.15) is 0 Å². The van der Waals surface area contributed by atoms with E-state index < -0.39 is 0 Å². The molecule has 1 rings (SSSR count). The van der Waals surface area contributed by atoms with Crippen molar-refractivity contribution in [1.82, 2.24) is 15.5 Å². The fraction of sp³-hybridized carbons (Fsp3) is 0.944.